The van der Waals surface area contributed by atoms with E-state index in [2.05, 4.69) is 15.2 Å². The van der Waals surface area contributed by atoms with Gasteiger partial charge in [0.25, 0.3) is 0 Å². The third kappa shape index (κ3) is 6.66. The Balaban J connectivity index is 1.16. The molecule has 5 rings (SSSR count). The summed E-state index contributed by atoms with van der Waals surface area (Å²) in [5.41, 5.74) is 1.84. The van der Waals surface area contributed by atoms with Crippen molar-refractivity contribution in [3.05, 3.63) is 101 Å². The number of hydrogen-bond acceptors (Lipinski definition) is 6. The molecule has 1 aromatic heterocycles. The maximum absolute atomic E-state index is 13.6. The minimum Gasteiger partial charge on any atom is -0.365 e. The average molecular weight is 553 g/mol. The molecule has 0 aliphatic carbocycles. The number of pyridine rings is 1. The summed E-state index contributed by atoms with van der Waals surface area (Å²) in [6.45, 7) is 6.12. The summed E-state index contributed by atoms with van der Waals surface area (Å²) in [5.74, 6) is 0.274. The van der Waals surface area contributed by atoms with Gasteiger partial charge in [0.1, 0.15) is 17.2 Å². The molecule has 2 aliphatic heterocycles. The Labute approximate surface area is 232 Å². The molecular weight excluding hydrogens is 518 g/mol. The molecule has 206 valence electrons. The Bertz CT molecular complexity index is 1180. The van der Waals surface area contributed by atoms with E-state index in [-0.39, 0.29) is 29.0 Å². The van der Waals surface area contributed by atoms with Crippen molar-refractivity contribution in [2.45, 2.75) is 30.4 Å². The molecule has 0 saturated carbocycles. The van der Waals surface area contributed by atoms with E-state index in [0.717, 1.165) is 48.5 Å². The molecule has 2 aromatic carbocycles. The number of halogens is 2. The molecule has 1 N–H and O–H groups in total. The van der Waals surface area contributed by atoms with Gasteiger partial charge in [-0.3, -0.25) is 20.0 Å². The van der Waals surface area contributed by atoms with Gasteiger partial charge in [-0.05, 0) is 66.9 Å². The fourth-order valence-electron chi connectivity index (χ4n) is 5.22. The minimum atomic E-state index is -0.855. The van der Waals surface area contributed by atoms with Crippen molar-refractivity contribution in [3.8, 4) is 0 Å². The Hall–Kier alpha value is -2.85. The van der Waals surface area contributed by atoms with Crippen molar-refractivity contribution < 1.29 is 18.3 Å². The topological polar surface area (TPSA) is 57.7 Å². The first-order valence-electron chi connectivity index (χ1n) is 13.4. The SMILES string of the molecule is CC(OCCN1CCCN(C(=O)C2CSC(c3cccnc3)N2)CC1)(c1ccc(F)cc1)c1ccc(F)cc1. The fraction of sp³-hybridized carbons (Fsp3) is 0.400. The summed E-state index contributed by atoms with van der Waals surface area (Å²) in [6.07, 6.45) is 4.50. The first-order valence-corrected chi connectivity index (χ1v) is 14.4. The van der Waals surface area contributed by atoms with Crippen LogP contribution >= 0.6 is 11.8 Å². The van der Waals surface area contributed by atoms with Crippen molar-refractivity contribution in [2.75, 3.05) is 45.1 Å². The van der Waals surface area contributed by atoms with Gasteiger partial charge < -0.3 is 9.64 Å². The summed E-state index contributed by atoms with van der Waals surface area (Å²) in [5, 5.41) is 3.56. The summed E-state index contributed by atoms with van der Waals surface area (Å²) < 4.78 is 33.7. The molecule has 9 heteroatoms. The molecular formula is C30H34F2N4O2S. The highest BCUT2D eigenvalue weighted by Gasteiger charge is 2.34. The smallest absolute Gasteiger partial charge is 0.240 e. The number of amides is 1. The number of carbonyl (C=O) groups excluding carboxylic acids is 1. The average Bonchev–Trinajstić information content (AvgIpc) is 3.34. The predicted octanol–water partition coefficient (Wildman–Crippen LogP) is 4.58. The van der Waals surface area contributed by atoms with Crippen LogP contribution < -0.4 is 5.32 Å². The Morgan fingerprint density at radius 3 is 2.36 bits per heavy atom. The van der Waals surface area contributed by atoms with Gasteiger partial charge in [0.15, 0.2) is 0 Å². The lowest BCUT2D eigenvalue weighted by atomic mass is 9.88. The van der Waals surface area contributed by atoms with Gasteiger partial charge in [-0.2, -0.15) is 0 Å². The van der Waals surface area contributed by atoms with Crippen LogP contribution in [0.15, 0.2) is 73.1 Å². The van der Waals surface area contributed by atoms with Crippen LogP contribution in [-0.4, -0.2) is 71.8 Å². The summed E-state index contributed by atoms with van der Waals surface area (Å²) in [4.78, 5) is 21.8. The highest BCUT2D eigenvalue weighted by Crippen LogP contribution is 2.34. The van der Waals surface area contributed by atoms with Crippen molar-refractivity contribution in [2.24, 2.45) is 0 Å². The van der Waals surface area contributed by atoms with E-state index >= 15 is 0 Å². The quantitative estimate of drug-likeness (QED) is 0.442. The first kappa shape index (κ1) is 27.7. The van der Waals surface area contributed by atoms with Crippen molar-refractivity contribution in [3.63, 3.8) is 0 Å². The highest BCUT2D eigenvalue weighted by atomic mass is 32.2. The molecule has 2 unspecified atom stereocenters. The molecule has 3 aromatic rings. The van der Waals surface area contributed by atoms with Crippen LogP contribution in [-0.2, 0) is 15.1 Å². The van der Waals surface area contributed by atoms with E-state index in [1.54, 1.807) is 42.2 Å². The number of ether oxygens (including phenoxy) is 1. The number of aromatic nitrogens is 1. The number of nitrogens with zero attached hydrogens (tertiary/aromatic N) is 3. The largest absolute Gasteiger partial charge is 0.365 e. The molecule has 2 aliphatic rings. The molecule has 0 radical (unpaired) electrons. The van der Waals surface area contributed by atoms with E-state index in [0.29, 0.717) is 19.7 Å². The number of hydrogen-bond donors (Lipinski definition) is 1. The van der Waals surface area contributed by atoms with Crippen LogP contribution in [0, 0.1) is 11.6 Å². The van der Waals surface area contributed by atoms with Gasteiger partial charge in [-0.15, -0.1) is 11.8 Å². The first-order chi connectivity index (χ1) is 18.9. The Kier molecular flexibility index (Phi) is 8.92. The zero-order chi connectivity index (χ0) is 27.2. The van der Waals surface area contributed by atoms with Crippen molar-refractivity contribution >= 4 is 17.7 Å². The lowest BCUT2D eigenvalue weighted by Crippen LogP contribution is -2.46. The zero-order valence-corrected chi connectivity index (χ0v) is 22.9. The molecule has 3 heterocycles. The van der Waals surface area contributed by atoms with E-state index in [1.165, 1.54) is 24.3 Å². The van der Waals surface area contributed by atoms with Gasteiger partial charge in [-0.25, -0.2) is 8.78 Å². The maximum atomic E-state index is 13.6. The van der Waals surface area contributed by atoms with E-state index < -0.39 is 5.60 Å². The molecule has 39 heavy (non-hydrogen) atoms. The van der Waals surface area contributed by atoms with Crippen LogP contribution in [0.5, 0.6) is 0 Å². The predicted molar refractivity (Wildman–Crippen MR) is 149 cm³/mol. The number of benzene rings is 2. The van der Waals surface area contributed by atoms with E-state index in [9.17, 15) is 13.6 Å². The van der Waals surface area contributed by atoms with Crippen molar-refractivity contribution in [1.82, 2.24) is 20.1 Å². The van der Waals surface area contributed by atoms with E-state index in [4.69, 9.17) is 4.74 Å². The normalized spacial score (nSPS) is 20.6. The summed E-state index contributed by atoms with van der Waals surface area (Å²) >= 11 is 1.75. The van der Waals surface area contributed by atoms with Gasteiger partial charge in [0.05, 0.1) is 18.0 Å². The second-order valence-corrected chi connectivity index (χ2v) is 11.3. The Morgan fingerprint density at radius 2 is 1.72 bits per heavy atom. The molecule has 0 bridgehead atoms. The van der Waals surface area contributed by atoms with Crippen LogP contribution in [0.3, 0.4) is 0 Å². The summed E-state index contributed by atoms with van der Waals surface area (Å²) in [7, 11) is 0. The lowest BCUT2D eigenvalue weighted by Gasteiger charge is -2.32. The monoisotopic (exact) mass is 552 g/mol. The zero-order valence-electron chi connectivity index (χ0n) is 22.1. The summed E-state index contributed by atoms with van der Waals surface area (Å²) in [6, 6.07) is 16.3. The maximum Gasteiger partial charge on any atom is 0.240 e. The van der Waals surface area contributed by atoms with Gasteiger partial charge >= 0.3 is 0 Å². The van der Waals surface area contributed by atoms with Gasteiger partial charge in [0, 0.05) is 44.3 Å². The molecule has 2 fully saturated rings. The van der Waals surface area contributed by atoms with Gasteiger partial charge in [0.2, 0.25) is 5.91 Å². The second kappa shape index (κ2) is 12.6. The fourth-order valence-corrected chi connectivity index (χ4v) is 6.44. The van der Waals surface area contributed by atoms with Crippen LogP contribution in [0.25, 0.3) is 0 Å². The molecule has 0 spiro atoms. The Morgan fingerprint density at radius 1 is 1.03 bits per heavy atom. The number of carbonyl (C=O) groups is 1. The standard InChI is InChI=1S/C30H34F2N4O2S/c1-30(23-5-9-25(31)10-6-23,24-7-11-26(32)12-8-24)38-19-18-35-14-3-15-36(17-16-35)29(37)27-21-39-28(34-27)22-4-2-13-33-20-22/h2,4-13,20,27-28,34H,3,14-19,21H2,1H3. The number of rotatable bonds is 8. The van der Waals surface area contributed by atoms with E-state index in [1.807, 2.05) is 30.2 Å². The second-order valence-electron chi connectivity index (χ2n) is 10.1. The third-order valence-corrected chi connectivity index (χ3v) is 8.82. The van der Waals surface area contributed by atoms with Gasteiger partial charge in [-0.1, -0.05) is 30.3 Å². The highest BCUT2D eigenvalue weighted by molar-refractivity contribution is 7.99. The van der Waals surface area contributed by atoms with Crippen molar-refractivity contribution in [1.29, 1.82) is 0 Å². The van der Waals surface area contributed by atoms with Crippen LogP contribution in [0.2, 0.25) is 0 Å². The van der Waals surface area contributed by atoms with Crippen LogP contribution in [0.4, 0.5) is 8.78 Å². The molecule has 6 nitrogen and oxygen atoms in total. The number of thioether (sulfide) groups is 1. The molecule has 2 saturated heterocycles. The molecule has 1 amide bonds. The minimum absolute atomic E-state index is 0.0878. The third-order valence-electron chi connectivity index (χ3n) is 7.56. The molecule has 2 atom stereocenters. The van der Waals surface area contributed by atoms with Crippen LogP contribution in [0.1, 0.15) is 35.4 Å². The lowest BCUT2D eigenvalue weighted by molar-refractivity contribution is -0.132. The number of nitrogens with one attached hydrogen (secondary N) is 1.